The Morgan fingerprint density at radius 3 is 2.11 bits per heavy atom. The van der Waals surface area contributed by atoms with Gasteiger partial charge in [0, 0.05) is 5.92 Å². The van der Waals surface area contributed by atoms with Crippen molar-refractivity contribution < 1.29 is 8.78 Å². The van der Waals surface area contributed by atoms with Crippen LogP contribution in [0.3, 0.4) is 0 Å². The number of alkyl halides is 2. The topological polar surface area (TPSA) is 0 Å². The van der Waals surface area contributed by atoms with Crippen molar-refractivity contribution >= 4 is 0 Å². The van der Waals surface area contributed by atoms with Gasteiger partial charge in [0.05, 0.1) is 0 Å². The average molecular weight is 133 g/mol. The van der Waals surface area contributed by atoms with Crippen molar-refractivity contribution in [2.75, 3.05) is 0 Å². The second-order valence-electron chi connectivity index (χ2n) is 2.92. The summed E-state index contributed by atoms with van der Waals surface area (Å²) in [5, 5.41) is 0. The van der Waals surface area contributed by atoms with Crippen molar-refractivity contribution in [3.8, 4) is 0 Å². The molecule has 0 spiro atoms. The minimum Gasteiger partial charge on any atom is -0.210 e. The summed E-state index contributed by atoms with van der Waals surface area (Å²) in [4.78, 5) is 0. The Balaban J connectivity index is 2.24. The van der Waals surface area contributed by atoms with E-state index in [4.69, 9.17) is 0 Å². The van der Waals surface area contributed by atoms with Crippen LogP contribution in [0.25, 0.3) is 0 Å². The molecule has 2 unspecified atom stereocenters. The molecule has 1 aliphatic rings. The first-order chi connectivity index (χ1) is 4.13. The molecule has 1 fully saturated rings. The van der Waals surface area contributed by atoms with E-state index in [0.717, 1.165) is 5.92 Å². The summed E-state index contributed by atoms with van der Waals surface area (Å²) >= 11 is 0. The predicted octanol–water partition coefficient (Wildman–Crippen LogP) is 2.50. The molecular formula is C7H11F2. The maximum atomic E-state index is 11.8. The highest BCUT2D eigenvalue weighted by Crippen LogP contribution is 2.48. The van der Waals surface area contributed by atoms with Gasteiger partial charge in [0.15, 0.2) is 0 Å². The van der Waals surface area contributed by atoms with E-state index < -0.39 is 6.43 Å². The van der Waals surface area contributed by atoms with Crippen molar-refractivity contribution in [2.24, 2.45) is 11.8 Å². The molecular weight excluding hydrogens is 122 g/mol. The molecule has 1 saturated carbocycles. The molecule has 0 nitrogen and oxygen atoms in total. The summed E-state index contributed by atoms with van der Waals surface area (Å²) in [5.74, 6) is 1.07. The van der Waals surface area contributed by atoms with E-state index >= 15 is 0 Å². The molecule has 0 heterocycles. The minimum atomic E-state index is -2.09. The molecule has 1 radical (unpaired) electrons. The third-order valence-electron chi connectivity index (χ3n) is 1.91. The van der Waals surface area contributed by atoms with Gasteiger partial charge in [-0.25, -0.2) is 8.78 Å². The molecule has 0 N–H and O–H groups in total. The van der Waals surface area contributed by atoms with Crippen molar-refractivity contribution in [2.45, 2.75) is 26.7 Å². The van der Waals surface area contributed by atoms with Gasteiger partial charge >= 0.3 is 0 Å². The lowest BCUT2D eigenvalue weighted by Gasteiger charge is -1.99. The zero-order valence-electron chi connectivity index (χ0n) is 5.70. The van der Waals surface area contributed by atoms with Crippen LogP contribution >= 0.6 is 0 Å². The summed E-state index contributed by atoms with van der Waals surface area (Å²) < 4.78 is 23.6. The fourth-order valence-electron chi connectivity index (χ4n) is 1.16. The molecule has 53 valence electrons. The van der Waals surface area contributed by atoms with E-state index in [9.17, 15) is 8.78 Å². The first-order valence-electron chi connectivity index (χ1n) is 3.21. The number of hydrogen-bond acceptors (Lipinski definition) is 0. The summed E-state index contributed by atoms with van der Waals surface area (Å²) in [6.45, 7) is 3.85. The van der Waals surface area contributed by atoms with Crippen LogP contribution in [-0.4, -0.2) is 6.43 Å². The van der Waals surface area contributed by atoms with Gasteiger partial charge in [0.1, 0.15) is 0 Å². The molecule has 1 aliphatic carbocycles. The third kappa shape index (κ3) is 1.41. The van der Waals surface area contributed by atoms with Crippen LogP contribution in [0.15, 0.2) is 0 Å². The number of rotatable bonds is 2. The molecule has 0 amide bonds. The maximum absolute atomic E-state index is 11.8. The fourth-order valence-corrected chi connectivity index (χ4v) is 1.16. The second-order valence-corrected chi connectivity index (χ2v) is 2.92. The standard InChI is InChI=1S/C7H11F2/c1-4(2)5-3-6(5)7(8)9/h5-7H,3H2,1-2H3. The Morgan fingerprint density at radius 1 is 1.44 bits per heavy atom. The number of halogens is 2. The SMILES string of the molecule is C[C](C)C1CC1C(F)F. The highest BCUT2D eigenvalue weighted by Gasteiger charge is 2.45. The summed E-state index contributed by atoms with van der Waals surface area (Å²) in [5.41, 5.74) is 0. The zero-order valence-corrected chi connectivity index (χ0v) is 5.70. The maximum Gasteiger partial charge on any atom is 0.241 e. The molecule has 2 atom stereocenters. The van der Waals surface area contributed by atoms with Gasteiger partial charge in [-0.15, -0.1) is 0 Å². The van der Waals surface area contributed by atoms with Crippen LogP contribution in [0.1, 0.15) is 20.3 Å². The molecule has 9 heavy (non-hydrogen) atoms. The van der Waals surface area contributed by atoms with Crippen LogP contribution in [0.2, 0.25) is 0 Å². The van der Waals surface area contributed by atoms with Crippen LogP contribution in [0.5, 0.6) is 0 Å². The van der Waals surface area contributed by atoms with Gasteiger partial charge < -0.3 is 0 Å². The summed E-state index contributed by atoms with van der Waals surface area (Å²) in [6.07, 6.45) is -1.38. The van der Waals surface area contributed by atoms with E-state index in [0.29, 0.717) is 6.42 Å². The summed E-state index contributed by atoms with van der Waals surface area (Å²) in [6, 6.07) is 0. The lowest BCUT2D eigenvalue weighted by molar-refractivity contribution is 0.117. The molecule has 2 heteroatoms. The highest BCUT2D eigenvalue weighted by atomic mass is 19.3. The third-order valence-corrected chi connectivity index (χ3v) is 1.91. The van der Waals surface area contributed by atoms with Crippen LogP contribution in [-0.2, 0) is 0 Å². The van der Waals surface area contributed by atoms with Crippen LogP contribution < -0.4 is 0 Å². The molecule has 0 aromatic rings. The quantitative estimate of drug-likeness (QED) is 0.543. The average Bonchev–Trinajstić information content (AvgIpc) is 2.39. The first kappa shape index (κ1) is 6.97. The largest absolute Gasteiger partial charge is 0.241 e. The molecule has 0 aromatic heterocycles. The predicted molar refractivity (Wildman–Crippen MR) is 32.2 cm³/mol. The van der Waals surface area contributed by atoms with Crippen LogP contribution in [0.4, 0.5) is 8.78 Å². The first-order valence-corrected chi connectivity index (χ1v) is 3.21. The van der Waals surface area contributed by atoms with Crippen molar-refractivity contribution in [1.29, 1.82) is 0 Å². The normalized spacial score (nSPS) is 34.0. The van der Waals surface area contributed by atoms with Crippen molar-refractivity contribution in [3.63, 3.8) is 0 Å². The van der Waals surface area contributed by atoms with Crippen molar-refractivity contribution in [3.05, 3.63) is 5.92 Å². The Bertz CT molecular complexity index is 87.1. The molecule has 0 aromatic carbocycles. The molecule has 0 aliphatic heterocycles. The highest BCUT2D eigenvalue weighted by molar-refractivity contribution is 5.03. The molecule has 1 rings (SSSR count). The van der Waals surface area contributed by atoms with Gasteiger partial charge in [-0.3, -0.25) is 0 Å². The monoisotopic (exact) mass is 133 g/mol. The lowest BCUT2D eigenvalue weighted by atomic mass is 10.1. The number of hydrogen-bond donors (Lipinski definition) is 0. The molecule has 0 bridgehead atoms. The van der Waals surface area contributed by atoms with Gasteiger partial charge in [-0.05, 0) is 18.3 Å². The van der Waals surface area contributed by atoms with Gasteiger partial charge in [-0.2, -0.15) is 0 Å². The smallest absolute Gasteiger partial charge is 0.210 e. The van der Waals surface area contributed by atoms with E-state index in [1.165, 1.54) is 0 Å². The van der Waals surface area contributed by atoms with Crippen LogP contribution in [0, 0.1) is 17.8 Å². The van der Waals surface area contributed by atoms with E-state index in [-0.39, 0.29) is 11.8 Å². The van der Waals surface area contributed by atoms with E-state index in [2.05, 4.69) is 0 Å². The fraction of sp³-hybridized carbons (Fsp3) is 0.857. The molecule has 0 saturated heterocycles. The Kier molecular flexibility index (Phi) is 1.73. The minimum absolute atomic E-state index is 0.227. The van der Waals surface area contributed by atoms with Gasteiger partial charge in [-0.1, -0.05) is 13.8 Å². The van der Waals surface area contributed by atoms with Gasteiger partial charge in [0.25, 0.3) is 0 Å². The van der Waals surface area contributed by atoms with E-state index in [1.54, 1.807) is 0 Å². The van der Waals surface area contributed by atoms with Gasteiger partial charge in [0.2, 0.25) is 6.43 Å². The second kappa shape index (κ2) is 2.24. The Hall–Kier alpha value is -0.140. The lowest BCUT2D eigenvalue weighted by Crippen LogP contribution is -1.98. The Morgan fingerprint density at radius 2 is 2.00 bits per heavy atom. The zero-order chi connectivity index (χ0) is 7.02. The van der Waals surface area contributed by atoms with E-state index in [1.807, 2.05) is 13.8 Å². The Labute approximate surface area is 54.3 Å². The summed E-state index contributed by atoms with van der Waals surface area (Å²) in [7, 11) is 0. The van der Waals surface area contributed by atoms with Crippen molar-refractivity contribution in [1.82, 2.24) is 0 Å².